The predicted molar refractivity (Wildman–Crippen MR) is 133 cm³/mol. The number of rotatable bonds is 24. The summed E-state index contributed by atoms with van der Waals surface area (Å²) in [5, 5.41) is 0. The topological polar surface area (TPSA) is 9.23 Å². The molecule has 176 valence electrons. The molecule has 0 bridgehead atoms. The molecular formula is C26H52Cl2O. The van der Waals surface area contributed by atoms with Crippen molar-refractivity contribution in [3.63, 3.8) is 0 Å². The third-order valence-electron chi connectivity index (χ3n) is 5.86. The fraction of sp³-hybridized carbons (Fsp3) is 1.00. The largest absolute Gasteiger partial charge is 0.344 e. The molecule has 2 unspecified atom stereocenters. The van der Waals surface area contributed by atoms with E-state index in [9.17, 15) is 0 Å². The Kier molecular flexibility index (Phi) is 25.3. The van der Waals surface area contributed by atoms with Gasteiger partial charge in [0.15, 0.2) is 0 Å². The monoisotopic (exact) mass is 450 g/mol. The van der Waals surface area contributed by atoms with Gasteiger partial charge in [-0.1, -0.05) is 153 Å². The van der Waals surface area contributed by atoms with E-state index in [2.05, 4.69) is 13.8 Å². The minimum atomic E-state index is -0.213. The summed E-state index contributed by atoms with van der Waals surface area (Å²) in [4.78, 5) is 0. The van der Waals surface area contributed by atoms with E-state index < -0.39 is 0 Å². The first kappa shape index (κ1) is 29.5. The summed E-state index contributed by atoms with van der Waals surface area (Å²) in [7, 11) is 0. The van der Waals surface area contributed by atoms with Crippen LogP contribution in [-0.4, -0.2) is 11.1 Å². The maximum atomic E-state index is 6.31. The molecule has 2 atom stereocenters. The molecule has 0 rings (SSSR count). The third-order valence-corrected chi connectivity index (χ3v) is 6.51. The first-order valence-electron chi connectivity index (χ1n) is 13.1. The molecule has 0 heterocycles. The molecule has 0 N–H and O–H groups in total. The molecule has 0 aromatic heterocycles. The summed E-state index contributed by atoms with van der Waals surface area (Å²) >= 11 is 12.6. The van der Waals surface area contributed by atoms with Gasteiger partial charge in [-0.15, -0.1) is 0 Å². The Morgan fingerprint density at radius 3 is 0.931 bits per heavy atom. The van der Waals surface area contributed by atoms with Crippen LogP contribution in [0.3, 0.4) is 0 Å². The fourth-order valence-corrected chi connectivity index (χ4v) is 4.49. The van der Waals surface area contributed by atoms with Crippen LogP contribution in [-0.2, 0) is 4.74 Å². The lowest BCUT2D eigenvalue weighted by atomic mass is 10.1. The van der Waals surface area contributed by atoms with E-state index in [0.29, 0.717) is 0 Å². The lowest BCUT2D eigenvalue weighted by Gasteiger charge is -2.16. The number of hydrogen-bond acceptors (Lipinski definition) is 1. The highest BCUT2D eigenvalue weighted by Gasteiger charge is 2.11. The minimum absolute atomic E-state index is 0.213. The molecule has 0 saturated heterocycles. The van der Waals surface area contributed by atoms with Gasteiger partial charge in [-0.25, -0.2) is 0 Å². The smallest absolute Gasteiger partial charge is 0.133 e. The maximum absolute atomic E-state index is 6.31. The van der Waals surface area contributed by atoms with Crippen LogP contribution in [0.5, 0.6) is 0 Å². The van der Waals surface area contributed by atoms with E-state index in [4.69, 9.17) is 27.9 Å². The summed E-state index contributed by atoms with van der Waals surface area (Å²) in [5.41, 5.74) is -0.427. The van der Waals surface area contributed by atoms with Gasteiger partial charge >= 0.3 is 0 Å². The lowest BCUT2D eigenvalue weighted by molar-refractivity contribution is 0.0690. The van der Waals surface area contributed by atoms with E-state index in [1.165, 1.54) is 116 Å². The molecule has 0 aliphatic carbocycles. The molecule has 0 aromatic rings. The SMILES string of the molecule is CCCCCCCCCCCCC(Cl)OC(Cl)CCCCCCCCCCCC. The number of alkyl halides is 2. The van der Waals surface area contributed by atoms with Crippen molar-refractivity contribution in [3.05, 3.63) is 0 Å². The fourth-order valence-electron chi connectivity index (χ4n) is 3.88. The Balaban J connectivity index is 3.29. The average Bonchev–Trinajstić information content (AvgIpc) is 2.70. The van der Waals surface area contributed by atoms with Gasteiger partial charge in [0.05, 0.1) is 0 Å². The Bertz CT molecular complexity index is 270. The zero-order chi connectivity index (χ0) is 21.4. The molecule has 0 aliphatic rings. The van der Waals surface area contributed by atoms with Crippen LogP contribution < -0.4 is 0 Å². The average molecular weight is 452 g/mol. The van der Waals surface area contributed by atoms with Gasteiger partial charge < -0.3 is 4.74 Å². The first-order valence-corrected chi connectivity index (χ1v) is 14.0. The normalized spacial score (nSPS) is 13.7. The van der Waals surface area contributed by atoms with Crippen molar-refractivity contribution in [1.82, 2.24) is 0 Å². The van der Waals surface area contributed by atoms with E-state index in [0.717, 1.165) is 25.7 Å². The summed E-state index contributed by atoms with van der Waals surface area (Å²) in [6, 6.07) is 0. The van der Waals surface area contributed by atoms with E-state index in [1.54, 1.807) is 0 Å². The summed E-state index contributed by atoms with van der Waals surface area (Å²) in [6.07, 6.45) is 28.9. The second-order valence-corrected chi connectivity index (χ2v) is 9.87. The number of halogens is 2. The Labute approximate surface area is 194 Å². The Hall–Kier alpha value is 0.540. The van der Waals surface area contributed by atoms with Crippen molar-refractivity contribution in [3.8, 4) is 0 Å². The molecule has 0 radical (unpaired) electrons. The van der Waals surface area contributed by atoms with Gasteiger partial charge in [0.25, 0.3) is 0 Å². The van der Waals surface area contributed by atoms with Crippen LogP contribution in [0.15, 0.2) is 0 Å². The van der Waals surface area contributed by atoms with Crippen LogP contribution >= 0.6 is 23.2 Å². The number of ether oxygens (including phenoxy) is 1. The zero-order valence-corrected chi connectivity index (χ0v) is 21.4. The van der Waals surface area contributed by atoms with E-state index >= 15 is 0 Å². The second kappa shape index (κ2) is 24.8. The van der Waals surface area contributed by atoms with E-state index in [-0.39, 0.29) is 11.1 Å². The molecule has 1 nitrogen and oxygen atoms in total. The quantitative estimate of drug-likeness (QED) is 0.105. The van der Waals surface area contributed by atoms with Gasteiger partial charge in [0.1, 0.15) is 11.1 Å². The van der Waals surface area contributed by atoms with Crippen LogP contribution in [0.2, 0.25) is 0 Å². The molecule has 29 heavy (non-hydrogen) atoms. The second-order valence-electron chi connectivity index (χ2n) is 8.90. The van der Waals surface area contributed by atoms with Crippen LogP contribution in [0.1, 0.15) is 155 Å². The number of unbranched alkanes of at least 4 members (excludes halogenated alkanes) is 18. The summed E-state index contributed by atoms with van der Waals surface area (Å²) in [6.45, 7) is 4.55. The van der Waals surface area contributed by atoms with E-state index in [1.807, 2.05) is 0 Å². The van der Waals surface area contributed by atoms with Crippen molar-refractivity contribution >= 4 is 23.2 Å². The first-order chi connectivity index (χ1) is 14.2. The highest BCUT2D eigenvalue weighted by Crippen LogP contribution is 2.20. The maximum Gasteiger partial charge on any atom is 0.133 e. The van der Waals surface area contributed by atoms with Gasteiger partial charge in [-0.05, 0) is 25.7 Å². The molecule has 0 spiro atoms. The molecule has 0 saturated carbocycles. The van der Waals surface area contributed by atoms with Gasteiger partial charge in [0.2, 0.25) is 0 Å². The number of hydrogen-bond donors (Lipinski definition) is 0. The van der Waals surface area contributed by atoms with Gasteiger partial charge in [-0.3, -0.25) is 0 Å². The van der Waals surface area contributed by atoms with Crippen molar-refractivity contribution < 1.29 is 4.74 Å². The Morgan fingerprint density at radius 1 is 0.414 bits per heavy atom. The van der Waals surface area contributed by atoms with Crippen LogP contribution in [0.4, 0.5) is 0 Å². The zero-order valence-electron chi connectivity index (χ0n) is 19.9. The van der Waals surface area contributed by atoms with Crippen molar-refractivity contribution in [2.75, 3.05) is 0 Å². The summed E-state index contributed by atoms with van der Waals surface area (Å²) in [5.74, 6) is 0. The molecule has 0 amide bonds. The highest BCUT2D eigenvalue weighted by atomic mass is 35.5. The highest BCUT2D eigenvalue weighted by molar-refractivity contribution is 6.21. The van der Waals surface area contributed by atoms with Crippen molar-refractivity contribution in [2.24, 2.45) is 0 Å². The van der Waals surface area contributed by atoms with Crippen LogP contribution in [0, 0.1) is 0 Å². The van der Waals surface area contributed by atoms with Gasteiger partial charge in [0, 0.05) is 0 Å². The molecule has 3 heteroatoms. The molecule has 0 aromatic carbocycles. The molecule has 0 fully saturated rings. The summed E-state index contributed by atoms with van der Waals surface area (Å²) < 4.78 is 5.75. The Morgan fingerprint density at radius 2 is 0.655 bits per heavy atom. The predicted octanol–water partition coefficient (Wildman–Crippen LogP) is 10.8. The van der Waals surface area contributed by atoms with Crippen LogP contribution in [0.25, 0.3) is 0 Å². The molecule has 0 aliphatic heterocycles. The standard InChI is InChI=1S/C26H52Cl2O/c1-3-5-7-9-11-13-15-17-19-21-23-25(27)29-26(28)24-22-20-18-16-14-12-10-8-6-4-2/h25-26H,3-24H2,1-2H3. The third kappa shape index (κ3) is 24.7. The van der Waals surface area contributed by atoms with Crippen molar-refractivity contribution in [1.29, 1.82) is 0 Å². The minimum Gasteiger partial charge on any atom is -0.344 e. The molecular weight excluding hydrogens is 399 g/mol. The van der Waals surface area contributed by atoms with Gasteiger partial charge in [-0.2, -0.15) is 0 Å². The van der Waals surface area contributed by atoms with Crippen molar-refractivity contribution in [2.45, 2.75) is 166 Å². The lowest BCUT2D eigenvalue weighted by Crippen LogP contribution is -2.13.